The Labute approximate surface area is 78.9 Å². The molecule has 2 N–H and O–H groups in total. The van der Waals surface area contributed by atoms with Gasteiger partial charge >= 0.3 is 0 Å². The summed E-state index contributed by atoms with van der Waals surface area (Å²) in [6, 6.07) is 0.807. The van der Waals surface area contributed by atoms with Crippen LogP contribution in [-0.4, -0.2) is 41.6 Å². The van der Waals surface area contributed by atoms with Crippen molar-refractivity contribution in [1.82, 2.24) is 4.90 Å². The maximum Gasteiger partial charge on any atom is 0.0333 e. The van der Waals surface area contributed by atoms with Gasteiger partial charge in [0.05, 0.1) is 0 Å². The number of hydrogen-bond acceptors (Lipinski definition) is 3. The highest BCUT2D eigenvalue weighted by Gasteiger charge is 2.47. The molecule has 0 spiro atoms. The first-order valence-electron chi connectivity index (χ1n) is 4.79. The zero-order valence-corrected chi connectivity index (χ0v) is 8.57. The van der Waals surface area contributed by atoms with Gasteiger partial charge in [0.2, 0.25) is 0 Å². The Hall–Kier alpha value is 0.270. The molecule has 70 valence electrons. The van der Waals surface area contributed by atoms with Gasteiger partial charge in [-0.05, 0) is 32.1 Å². The number of likely N-dealkylation sites (N-methyl/N-ethyl adjacent to an activating group) is 1. The van der Waals surface area contributed by atoms with Crippen molar-refractivity contribution in [1.29, 1.82) is 0 Å². The lowest BCUT2D eigenvalue weighted by Gasteiger charge is -2.32. The van der Waals surface area contributed by atoms with Gasteiger partial charge in [-0.2, -0.15) is 11.8 Å². The normalized spacial score (nSPS) is 32.8. The number of rotatable bonds is 3. The summed E-state index contributed by atoms with van der Waals surface area (Å²) in [6.07, 6.45) is 4.01. The zero-order chi connectivity index (χ0) is 8.60. The molecule has 0 bridgehead atoms. The lowest BCUT2D eigenvalue weighted by Crippen LogP contribution is -2.46. The largest absolute Gasteiger partial charge is 0.329 e. The zero-order valence-electron chi connectivity index (χ0n) is 7.75. The molecular weight excluding hydrogens is 168 g/mol. The van der Waals surface area contributed by atoms with Gasteiger partial charge in [-0.1, -0.05) is 0 Å². The van der Waals surface area contributed by atoms with Gasteiger partial charge in [-0.25, -0.2) is 0 Å². The van der Waals surface area contributed by atoms with Crippen molar-refractivity contribution in [3.05, 3.63) is 0 Å². The third-order valence-corrected chi connectivity index (χ3v) is 4.55. The second kappa shape index (κ2) is 3.20. The van der Waals surface area contributed by atoms with Crippen LogP contribution in [0.4, 0.5) is 0 Å². The van der Waals surface area contributed by atoms with Crippen LogP contribution < -0.4 is 5.73 Å². The van der Waals surface area contributed by atoms with Crippen molar-refractivity contribution in [3.63, 3.8) is 0 Å². The minimum absolute atomic E-state index is 0.412. The molecule has 1 heterocycles. The standard InChI is InChI=1S/C9H18N2S/c1-11(8-2-5-12-6-8)9(7-10)3-4-9/h8H,2-7,10H2,1H3. The predicted molar refractivity (Wildman–Crippen MR) is 54.5 cm³/mol. The Morgan fingerprint density at radius 3 is 2.75 bits per heavy atom. The van der Waals surface area contributed by atoms with E-state index in [0.717, 1.165) is 12.6 Å². The molecular formula is C9H18N2S. The maximum absolute atomic E-state index is 5.79. The Morgan fingerprint density at radius 1 is 1.58 bits per heavy atom. The van der Waals surface area contributed by atoms with E-state index in [-0.39, 0.29) is 0 Å². The molecule has 1 saturated heterocycles. The molecule has 1 aliphatic carbocycles. The first kappa shape index (κ1) is 8.85. The van der Waals surface area contributed by atoms with Gasteiger partial charge in [-0.3, -0.25) is 4.90 Å². The third-order valence-electron chi connectivity index (χ3n) is 3.41. The Morgan fingerprint density at radius 2 is 2.33 bits per heavy atom. The molecule has 1 unspecified atom stereocenters. The average molecular weight is 186 g/mol. The third kappa shape index (κ3) is 1.38. The molecule has 2 nitrogen and oxygen atoms in total. The van der Waals surface area contributed by atoms with E-state index in [1.165, 1.54) is 30.8 Å². The van der Waals surface area contributed by atoms with Gasteiger partial charge in [-0.15, -0.1) is 0 Å². The molecule has 0 aromatic heterocycles. The van der Waals surface area contributed by atoms with Crippen LogP contribution in [0.3, 0.4) is 0 Å². The van der Waals surface area contributed by atoms with Crippen molar-refractivity contribution < 1.29 is 0 Å². The minimum atomic E-state index is 0.412. The molecule has 1 atom stereocenters. The molecule has 0 aromatic rings. The molecule has 2 rings (SSSR count). The van der Waals surface area contributed by atoms with Crippen LogP contribution in [0.5, 0.6) is 0 Å². The molecule has 2 fully saturated rings. The summed E-state index contributed by atoms with van der Waals surface area (Å²) in [4.78, 5) is 2.55. The highest BCUT2D eigenvalue weighted by Crippen LogP contribution is 2.42. The Balaban J connectivity index is 1.94. The molecule has 0 radical (unpaired) electrons. The van der Waals surface area contributed by atoms with E-state index in [1.54, 1.807) is 0 Å². The van der Waals surface area contributed by atoms with Crippen LogP contribution in [-0.2, 0) is 0 Å². The van der Waals surface area contributed by atoms with E-state index >= 15 is 0 Å². The van der Waals surface area contributed by atoms with Crippen LogP contribution in [0.25, 0.3) is 0 Å². The smallest absolute Gasteiger partial charge is 0.0333 e. The van der Waals surface area contributed by atoms with Crippen molar-refractivity contribution in [2.24, 2.45) is 5.73 Å². The lowest BCUT2D eigenvalue weighted by molar-refractivity contribution is 0.173. The second-order valence-corrected chi connectivity index (χ2v) is 5.21. The molecule has 12 heavy (non-hydrogen) atoms. The van der Waals surface area contributed by atoms with E-state index in [1.807, 2.05) is 0 Å². The summed E-state index contributed by atoms with van der Waals surface area (Å²) in [5.41, 5.74) is 6.20. The fourth-order valence-electron chi connectivity index (χ4n) is 2.06. The monoisotopic (exact) mass is 186 g/mol. The fourth-order valence-corrected chi connectivity index (χ4v) is 3.33. The lowest BCUT2D eigenvalue weighted by atomic mass is 10.1. The summed E-state index contributed by atoms with van der Waals surface area (Å²) in [5.74, 6) is 2.66. The van der Waals surface area contributed by atoms with Gasteiger partial charge in [0, 0.05) is 23.9 Å². The first-order chi connectivity index (χ1) is 5.78. The summed E-state index contributed by atoms with van der Waals surface area (Å²) >= 11 is 2.08. The fraction of sp³-hybridized carbons (Fsp3) is 1.00. The average Bonchev–Trinajstić information content (AvgIpc) is 2.71. The number of thioether (sulfide) groups is 1. The number of hydrogen-bond donors (Lipinski definition) is 1. The molecule has 0 amide bonds. The Bertz CT molecular complexity index is 162. The van der Waals surface area contributed by atoms with Crippen LogP contribution in [0.1, 0.15) is 19.3 Å². The molecule has 0 aromatic carbocycles. The van der Waals surface area contributed by atoms with E-state index < -0.39 is 0 Å². The predicted octanol–water partition coefficient (Wildman–Crippen LogP) is 0.915. The Kier molecular flexibility index (Phi) is 2.36. The highest BCUT2D eigenvalue weighted by atomic mass is 32.2. The van der Waals surface area contributed by atoms with Crippen molar-refractivity contribution in [3.8, 4) is 0 Å². The van der Waals surface area contributed by atoms with Gasteiger partial charge < -0.3 is 5.73 Å². The molecule has 1 aliphatic heterocycles. The molecule has 3 heteroatoms. The maximum atomic E-state index is 5.79. The van der Waals surface area contributed by atoms with Gasteiger partial charge in [0.25, 0.3) is 0 Å². The van der Waals surface area contributed by atoms with E-state index in [2.05, 4.69) is 23.7 Å². The minimum Gasteiger partial charge on any atom is -0.329 e. The quantitative estimate of drug-likeness (QED) is 0.710. The number of nitrogens with zero attached hydrogens (tertiary/aromatic N) is 1. The van der Waals surface area contributed by atoms with E-state index in [4.69, 9.17) is 5.73 Å². The van der Waals surface area contributed by atoms with Crippen molar-refractivity contribution in [2.45, 2.75) is 30.8 Å². The van der Waals surface area contributed by atoms with E-state index in [9.17, 15) is 0 Å². The van der Waals surface area contributed by atoms with Crippen molar-refractivity contribution >= 4 is 11.8 Å². The van der Waals surface area contributed by atoms with Crippen LogP contribution >= 0.6 is 11.8 Å². The van der Waals surface area contributed by atoms with E-state index in [0.29, 0.717) is 5.54 Å². The molecule has 2 aliphatic rings. The number of nitrogens with two attached hydrogens (primary N) is 1. The highest BCUT2D eigenvalue weighted by molar-refractivity contribution is 7.99. The second-order valence-electron chi connectivity index (χ2n) is 4.06. The summed E-state index contributed by atoms with van der Waals surface area (Å²) in [6.45, 7) is 0.852. The van der Waals surface area contributed by atoms with Gasteiger partial charge in [0.15, 0.2) is 0 Å². The topological polar surface area (TPSA) is 29.3 Å². The van der Waals surface area contributed by atoms with Gasteiger partial charge in [0.1, 0.15) is 0 Å². The van der Waals surface area contributed by atoms with Crippen LogP contribution in [0.15, 0.2) is 0 Å². The summed E-state index contributed by atoms with van der Waals surface area (Å²) in [5, 5.41) is 0. The van der Waals surface area contributed by atoms with Crippen LogP contribution in [0, 0.1) is 0 Å². The summed E-state index contributed by atoms with van der Waals surface area (Å²) < 4.78 is 0. The summed E-state index contributed by atoms with van der Waals surface area (Å²) in [7, 11) is 2.26. The van der Waals surface area contributed by atoms with Crippen molar-refractivity contribution in [2.75, 3.05) is 25.1 Å². The molecule has 1 saturated carbocycles. The first-order valence-corrected chi connectivity index (χ1v) is 5.95. The van der Waals surface area contributed by atoms with Crippen LogP contribution in [0.2, 0.25) is 0 Å². The SMILES string of the molecule is CN(C1CCSC1)C1(CN)CC1.